The first-order chi connectivity index (χ1) is 14.9. The van der Waals surface area contributed by atoms with Gasteiger partial charge in [0.15, 0.2) is 0 Å². The molecule has 0 aromatic heterocycles. The minimum absolute atomic E-state index is 0.0175. The third-order valence-corrected chi connectivity index (χ3v) is 11.9. The molecule has 32 heavy (non-hydrogen) atoms. The summed E-state index contributed by atoms with van der Waals surface area (Å²) in [6.07, 6.45) is 15.8. The van der Waals surface area contributed by atoms with Crippen molar-refractivity contribution in [2.45, 2.75) is 112 Å². The van der Waals surface area contributed by atoms with E-state index in [0.29, 0.717) is 28.1 Å². The number of aliphatic hydroxyl groups excluding tert-OH is 2. The predicted octanol–water partition coefficient (Wildman–Crippen LogP) is 7.31. The summed E-state index contributed by atoms with van der Waals surface area (Å²) in [6.45, 7) is 17.2. The molecule has 2 N–H and O–H groups in total. The quantitative estimate of drug-likeness (QED) is 0.438. The van der Waals surface area contributed by atoms with Crippen LogP contribution >= 0.6 is 0 Å². The van der Waals surface area contributed by atoms with Gasteiger partial charge in [0, 0.05) is 0 Å². The van der Waals surface area contributed by atoms with Crippen molar-refractivity contribution in [3.8, 4) is 0 Å². The summed E-state index contributed by atoms with van der Waals surface area (Å²) in [7, 11) is 0. The second-order valence-electron chi connectivity index (χ2n) is 13.6. The fourth-order valence-corrected chi connectivity index (χ4v) is 9.51. The third kappa shape index (κ3) is 3.41. The Morgan fingerprint density at radius 1 is 1.09 bits per heavy atom. The molecule has 0 aromatic rings. The van der Waals surface area contributed by atoms with Crippen LogP contribution in [0.1, 0.15) is 106 Å². The van der Waals surface area contributed by atoms with Crippen molar-refractivity contribution in [3.05, 3.63) is 23.3 Å². The zero-order chi connectivity index (χ0) is 23.5. The Labute approximate surface area is 198 Å². The van der Waals surface area contributed by atoms with Crippen molar-refractivity contribution < 1.29 is 10.2 Å². The predicted molar refractivity (Wildman–Crippen MR) is 134 cm³/mol. The largest absolute Gasteiger partial charge is 0.393 e. The molecule has 0 radical (unpaired) electrons. The number of allylic oxidation sites excluding steroid dienone is 3. The smallest absolute Gasteiger partial charge is 0.0639 e. The van der Waals surface area contributed by atoms with Crippen LogP contribution in [-0.2, 0) is 0 Å². The van der Waals surface area contributed by atoms with Gasteiger partial charge in [-0.15, -0.1) is 0 Å². The van der Waals surface area contributed by atoms with Crippen LogP contribution < -0.4 is 0 Å². The zero-order valence-corrected chi connectivity index (χ0v) is 22.0. The van der Waals surface area contributed by atoms with Crippen LogP contribution in [0.25, 0.3) is 0 Å². The van der Waals surface area contributed by atoms with Crippen LogP contribution in [-0.4, -0.2) is 22.9 Å². The van der Waals surface area contributed by atoms with Crippen LogP contribution in [0.4, 0.5) is 0 Å². The zero-order valence-electron chi connectivity index (χ0n) is 22.0. The highest BCUT2D eigenvalue weighted by Crippen LogP contribution is 2.73. The first kappa shape index (κ1) is 24.5. The number of hydrogen-bond acceptors (Lipinski definition) is 2. The summed E-state index contributed by atoms with van der Waals surface area (Å²) in [4.78, 5) is 0. The van der Waals surface area contributed by atoms with Crippen LogP contribution in [0.5, 0.6) is 0 Å². The third-order valence-electron chi connectivity index (χ3n) is 11.9. The summed E-state index contributed by atoms with van der Waals surface area (Å²) in [6, 6.07) is 0. The molecule has 0 aliphatic heterocycles. The molecule has 0 amide bonds. The molecule has 4 aliphatic rings. The van der Waals surface area contributed by atoms with Gasteiger partial charge in [-0.1, -0.05) is 64.8 Å². The highest BCUT2D eigenvalue weighted by molar-refractivity contribution is 5.33. The molecule has 0 spiro atoms. The minimum Gasteiger partial charge on any atom is -0.393 e. The Hall–Kier alpha value is -0.600. The Bertz CT molecular complexity index is 778. The molecule has 4 aliphatic carbocycles. The normalized spacial score (nSPS) is 46.7. The van der Waals surface area contributed by atoms with E-state index in [9.17, 15) is 10.2 Å². The molecule has 0 heterocycles. The molecule has 0 saturated heterocycles. The van der Waals surface area contributed by atoms with E-state index in [0.717, 1.165) is 36.7 Å². The van der Waals surface area contributed by atoms with Crippen molar-refractivity contribution >= 4 is 0 Å². The van der Waals surface area contributed by atoms with Gasteiger partial charge in [0.25, 0.3) is 0 Å². The lowest BCUT2D eigenvalue weighted by atomic mass is 9.41. The second kappa shape index (κ2) is 8.26. The molecule has 0 aromatic carbocycles. The van der Waals surface area contributed by atoms with Gasteiger partial charge < -0.3 is 10.2 Å². The van der Waals surface area contributed by atoms with Crippen molar-refractivity contribution in [2.24, 2.45) is 45.3 Å². The van der Waals surface area contributed by atoms with E-state index in [4.69, 9.17) is 0 Å². The maximum Gasteiger partial charge on any atom is 0.0639 e. The molecule has 2 nitrogen and oxygen atoms in total. The van der Waals surface area contributed by atoms with E-state index < -0.39 is 0 Å². The summed E-state index contributed by atoms with van der Waals surface area (Å²) in [5.74, 6) is 2.83. The number of rotatable bonds is 5. The molecule has 4 rings (SSSR count). The first-order valence-corrected chi connectivity index (χ1v) is 13.6. The Kier molecular flexibility index (Phi) is 6.33. The highest BCUT2D eigenvalue weighted by Gasteiger charge is 2.65. The molecule has 3 fully saturated rings. The molecule has 2 heteroatoms. The van der Waals surface area contributed by atoms with E-state index in [2.05, 4.69) is 53.7 Å². The van der Waals surface area contributed by atoms with Crippen LogP contribution in [0.15, 0.2) is 23.3 Å². The number of fused-ring (bicyclic) bond motifs is 5. The standard InChI is InChI=1S/C30H50O2/c1-20(19-31)9-8-10-21(2)22-13-17-30(7)24-11-12-25-27(3,4)26(32)15-16-28(25,5)23(24)14-18-29(22,30)6/h9,11,21-23,25-26,31-32H,8,10,12-19H2,1-7H3/b20-9-/t21-,22+,23-,25?,26-,28-,29-,30+/m0/s1. The Morgan fingerprint density at radius 2 is 1.81 bits per heavy atom. The molecule has 0 bridgehead atoms. The van der Waals surface area contributed by atoms with Gasteiger partial charge in [-0.05, 0) is 110 Å². The van der Waals surface area contributed by atoms with E-state index in [1.807, 2.05) is 12.5 Å². The van der Waals surface area contributed by atoms with Crippen LogP contribution in [0, 0.1) is 45.3 Å². The van der Waals surface area contributed by atoms with Gasteiger partial charge in [-0.25, -0.2) is 0 Å². The lowest BCUT2D eigenvalue weighted by Gasteiger charge is -2.64. The number of hydrogen-bond donors (Lipinski definition) is 2. The maximum absolute atomic E-state index is 10.8. The van der Waals surface area contributed by atoms with Gasteiger partial charge in [0.05, 0.1) is 12.7 Å². The molecule has 3 saturated carbocycles. The minimum atomic E-state index is -0.153. The molecule has 8 atom stereocenters. The lowest BCUT2D eigenvalue weighted by molar-refractivity contribution is -0.131. The summed E-state index contributed by atoms with van der Waals surface area (Å²) in [5, 5.41) is 20.1. The average Bonchev–Trinajstić information content (AvgIpc) is 3.02. The summed E-state index contributed by atoms with van der Waals surface area (Å²) < 4.78 is 0. The fraction of sp³-hybridized carbons (Fsp3) is 0.867. The monoisotopic (exact) mass is 442 g/mol. The topological polar surface area (TPSA) is 40.5 Å². The highest BCUT2D eigenvalue weighted by atomic mass is 16.3. The molecule has 182 valence electrons. The van der Waals surface area contributed by atoms with Gasteiger partial charge in [-0.2, -0.15) is 0 Å². The van der Waals surface area contributed by atoms with E-state index >= 15 is 0 Å². The number of aliphatic hydroxyl groups is 2. The molecule has 1 unspecified atom stereocenters. The van der Waals surface area contributed by atoms with Crippen molar-refractivity contribution in [2.75, 3.05) is 6.61 Å². The van der Waals surface area contributed by atoms with Crippen LogP contribution in [0.3, 0.4) is 0 Å². The van der Waals surface area contributed by atoms with E-state index in [-0.39, 0.29) is 18.1 Å². The van der Waals surface area contributed by atoms with E-state index in [1.54, 1.807) is 0 Å². The molecular weight excluding hydrogens is 392 g/mol. The maximum atomic E-state index is 10.8. The van der Waals surface area contributed by atoms with Crippen molar-refractivity contribution in [1.82, 2.24) is 0 Å². The van der Waals surface area contributed by atoms with Crippen molar-refractivity contribution in [1.29, 1.82) is 0 Å². The van der Waals surface area contributed by atoms with E-state index in [1.165, 1.54) is 38.5 Å². The van der Waals surface area contributed by atoms with Gasteiger partial charge in [-0.3, -0.25) is 0 Å². The average molecular weight is 443 g/mol. The lowest BCUT2D eigenvalue weighted by Crippen LogP contribution is -2.58. The Balaban J connectivity index is 1.59. The summed E-state index contributed by atoms with van der Waals surface area (Å²) in [5.41, 5.74) is 4.01. The van der Waals surface area contributed by atoms with Crippen molar-refractivity contribution in [3.63, 3.8) is 0 Å². The second-order valence-corrected chi connectivity index (χ2v) is 13.6. The van der Waals surface area contributed by atoms with Gasteiger partial charge in [0.2, 0.25) is 0 Å². The van der Waals surface area contributed by atoms with Gasteiger partial charge >= 0.3 is 0 Å². The van der Waals surface area contributed by atoms with Crippen LogP contribution in [0.2, 0.25) is 0 Å². The van der Waals surface area contributed by atoms with Gasteiger partial charge in [0.1, 0.15) is 0 Å². The Morgan fingerprint density at radius 3 is 2.50 bits per heavy atom. The SMILES string of the molecule is C/C(=C/CC[C@H](C)[C@H]1CC[C@]2(C)C3=CCC4C(C)(C)[C@@H](O)CC[C@@]4(C)[C@H]3CC[C@@]12C)CO. The summed E-state index contributed by atoms with van der Waals surface area (Å²) >= 11 is 0. The fourth-order valence-electron chi connectivity index (χ4n) is 9.51. The molecular formula is C30H50O2. The first-order valence-electron chi connectivity index (χ1n) is 13.6.